The molecule has 1 heteroatoms. The van der Waals surface area contributed by atoms with Crippen molar-refractivity contribution < 1.29 is 0 Å². The van der Waals surface area contributed by atoms with E-state index in [1.54, 1.807) is 0 Å². The van der Waals surface area contributed by atoms with Crippen LogP contribution >= 0.6 is 9.24 Å². The van der Waals surface area contributed by atoms with E-state index in [0.717, 1.165) is 0 Å². The smallest absolute Gasteiger partial charge is 0.0146 e. The average Bonchev–Trinajstić information content (AvgIpc) is 2.35. The van der Waals surface area contributed by atoms with Crippen LogP contribution in [0.2, 0.25) is 0 Å². The molecule has 0 bridgehead atoms. The molecule has 0 atom stereocenters. The van der Waals surface area contributed by atoms with E-state index in [9.17, 15) is 0 Å². The quantitative estimate of drug-likeness (QED) is 0.245. The molecule has 0 heterocycles. The Balaban J connectivity index is 2.89. The van der Waals surface area contributed by atoms with Crippen molar-refractivity contribution in [3.63, 3.8) is 0 Å². The van der Waals surface area contributed by atoms with E-state index in [1.807, 2.05) is 5.82 Å². The standard InChI is InChI=1S/C16H31P/c1-2-3-4-5-6-7-8-9-10-11-12-13-14-15-16-17/h15-16H,2-14H2,1H3/b16-15+. The highest BCUT2D eigenvalue weighted by Gasteiger charge is 1.92. The lowest BCUT2D eigenvalue weighted by Crippen LogP contribution is -1.82. The summed E-state index contributed by atoms with van der Waals surface area (Å²) >= 11 is 0. The molecule has 0 aliphatic heterocycles. The Morgan fingerprint density at radius 1 is 0.647 bits per heavy atom. The van der Waals surface area contributed by atoms with Crippen molar-refractivity contribution in [3.05, 3.63) is 11.9 Å². The zero-order valence-corrected chi connectivity index (χ0v) is 12.7. The van der Waals surface area contributed by atoms with Gasteiger partial charge in [-0.25, -0.2) is 0 Å². The van der Waals surface area contributed by atoms with Crippen LogP contribution in [0.5, 0.6) is 0 Å². The third-order valence-corrected chi connectivity index (χ3v) is 3.54. The Kier molecular flexibility index (Phi) is 16.3. The van der Waals surface area contributed by atoms with Gasteiger partial charge in [0.05, 0.1) is 0 Å². The summed E-state index contributed by atoms with van der Waals surface area (Å²) in [5.74, 6) is 1.86. The fourth-order valence-electron chi connectivity index (χ4n) is 2.18. The normalized spacial score (nSPS) is 11.4. The maximum atomic E-state index is 4.05. The van der Waals surface area contributed by atoms with Gasteiger partial charge < -0.3 is 0 Å². The minimum atomic E-state index is 1.21. The fourth-order valence-corrected chi connectivity index (χ4v) is 2.33. The minimum Gasteiger partial charge on any atom is -0.0834 e. The number of rotatable bonds is 13. The molecule has 0 spiro atoms. The molecule has 0 unspecified atom stereocenters. The molecule has 0 aliphatic rings. The molecule has 0 aliphatic carbocycles. The van der Waals surface area contributed by atoms with Crippen LogP contribution in [0.3, 0.4) is 0 Å². The van der Waals surface area contributed by atoms with Crippen LogP contribution in [0.1, 0.15) is 90.4 Å². The van der Waals surface area contributed by atoms with E-state index in [-0.39, 0.29) is 0 Å². The first-order valence-corrected chi connectivity index (χ1v) is 8.22. The summed E-state index contributed by atoms with van der Waals surface area (Å²) in [5.41, 5.74) is 0. The van der Waals surface area contributed by atoms with Crippen molar-refractivity contribution in [3.8, 4) is 0 Å². The van der Waals surface area contributed by atoms with Gasteiger partial charge in [-0.05, 0) is 22.1 Å². The summed E-state index contributed by atoms with van der Waals surface area (Å²) in [6.45, 7) is 2.28. The lowest BCUT2D eigenvalue weighted by atomic mass is 10.0. The lowest BCUT2D eigenvalue weighted by molar-refractivity contribution is 0.545. The molecule has 17 heavy (non-hydrogen) atoms. The summed E-state index contributed by atoms with van der Waals surface area (Å²) in [5, 5.41) is 0. The van der Waals surface area contributed by atoms with Crippen molar-refractivity contribution in [1.29, 1.82) is 0 Å². The van der Waals surface area contributed by atoms with Gasteiger partial charge in [-0.3, -0.25) is 0 Å². The van der Waals surface area contributed by atoms with Gasteiger partial charge in [0, 0.05) is 0 Å². The molecule has 0 aromatic heterocycles. The summed E-state index contributed by atoms with van der Waals surface area (Å²) in [4.78, 5) is 0. The van der Waals surface area contributed by atoms with Crippen LogP contribution in [0.25, 0.3) is 0 Å². The van der Waals surface area contributed by atoms with Gasteiger partial charge in [-0.15, -0.1) is 0 Å². The zero-order chi connectivity index (χ0) is 12.6. The van der Waals surface area contributed by atoms with Crippen molar-refractivity contribution >= 4 is 9.24 Å². The second-order valence-corrected chi connectivity index (χ2v) is 5.36. The highest BCUT2D eigenvalue weighted by atomic mass is 31.0. The van der Waals surface area contributed by atoms with Crippen molar-refractivity contribution in [2.75, 3.05) is 0 Å². The second-order valence-electron chi connectivity index (χ2n) is 5.06. The van der Waals surface area contributed by atoms with Gasteiger partial charge >= 0.3 is 0 Å². The molecule has 0 nitrogen and oxygen atoms in total. The fraction of sp³-hybridized carbons (Fsp3) is 0.875. The maximum Gasteiger partial charge on any atom is -0.0146 e. The number of allylic oxidation sites excluding steroid dienone is 1. The van der Waals surface area contributed by atoms with Crippen LogP contribution in [0.15, 0.2) is 11.9 Å². The Morgan fingerprint density at radius 3 is 1.47 bits per heavy atom. The monoisotopic (exact) mass is 254 g/mol. The highest BCUT2D eigenvalue weighted by molar-refractivity contribution is 7.20. The molecule has 0 aromatic carbocycles. The first-order valence-electron chi connectivity index (χ1n) is 7.71. The average molecular weight is 254 g/mol. The van der Waals surface area contributed by atoms with Crippen LogP contribution in [-0.4, -0.2) is 0 Å². The Labute approximate surface area is 112 Å². The van der Waals surface area contributed by atoms with E-state index in [2.05, 4.69) is 22.2 Å². The SMILES string of the molecule is CCCCCCCCCCCCCC/C=C/[P]. The van der Waals surface area contributed by atoms with E-state index in [0.29, 0.717) is 0 Å². The largest absolute Gasteiger partial charge is 0.0834 e. The first kappa shape index (κ1) is 17.2. The molecule has 0 amide bonds. The molecule has 0 N–H and O–H groups in total. The Bertz CT molecular complexity index is 152. The van der Waals surface area contributed by atoms with E-state index in [4.69, 9.17) is 0 Å². The third-order valence-electron chi connectivity index (χ3n) is 3.33. The predicted molar refractivity (Wildman–Crippen MR) is 81.8 cm³/mol. The van der Waals surface area contributed by atoms with E-state index in [1.165, 1.54) is 83.5 Å². The van der Waals surface area contributed by atoms with Gasteiger partial charge in [0.25, 0.3) is 0 Å². The van der Waals surface area contributed by atoms with Crippen LogP contribution < -0.4 is 0 Å². The Morgan fingerprint density at radius 2 is 1.06 bits per heavy atom. The van der Waals surface area contributed by atoms with Gasteiger partial charge in [0.2, 0.25) is 0 Å². The van der Waals surface area contributed by atoms with E-state index < -0.39 is 0 Å². The molecule has 0 fully saturated rings. The predicted octanol–water partition coefficient (Wildman–Crippen LogP) is 7.00. The van der Waals surface area contributed by atoms with E-state index >= 15 is 0 Å². The molecular weight excluding hydrogens is 223 g/mol. The van der Waals surface area contributed by atoms with Crippen molar-refractivity contribution in [1.82, 2.24) is 0 Å². The zero-order valence-electron chi connectivity index (χ0n) is 11.8. The molecule has 100 valence electrons. The lowest BCUT2D eigenvalue weighted by Gasteiger charge is -2.02. The molecule has 0 saturated carbocycles. The van der Waals surface area contributed by atoms with Gasteiger partial charge in [-0.2, -0.15) is 0 Å². The van der Waals surface area contributed by atoms with Crippen LogP contribution in [0.4, 0.5) is 0 Å². The number of hydrogen-bond donors (Lipinski definition) is 0. The summed E-state index contributed by atoms with van der Waals surface area (Å²) in [7, 11) is 4.05. The van der Waals surface area contributed by atoms with Crippen LogP contribution in [-0.2, 0) is 0 Å². The minimum absolute atomic E-state index is 1.21. The van der Waals surface area contributed by atoms with Gasteiger partial charge in [0.15, 0.2) is 0 Å². The third kappa shape index (κ3) is 16.2. The van der Waals surface area contributed by atoms with Crippen molar-refractivity contribution in [2.24, 2.45) is 0 Å². The number of hydrogen-bond acceptors (Lipinski definition) is 0. The summed E-state index contributed by atoms with van der Waals surface area (Å²) < 4.78 is 0. The summed E-state index contributed by atoms with van der Waals surface area (Å²) in [6, 6.07) is 0. The Hall–Kier alpha value is 0.170. The number of unbranched alkanes of at least 4 members (excludes halogenated alkanes) is 12. The second kappa shape index (κ2) is 16.2. The van der Waals surface area contributed by atoms with Crippen molar-refractivity contribution in [2.45, 2.75) is 90.4 Å². The first-order chi connectivity index (χ1) is 8.41. The molecular formula is C16H31P. The summed E-state index contributed by atoms with van der Waals surface area (Å²) in [6.07, 6.45) is 20.5. The molecule has 2 radical (unpaired) electrons. The molecule has 0 saturated heterocycles. The van der Waals surface area contributed by atoms with Crippen LogP contribution in [0, 0.1) is 0 Å². The van der Waals surface area contributed by atoms with Gasteiger partial charge in [0.1, 0.15) is 0 Å². The highest BCUT2D eigenvalue weighted by Crippen LogP contribution is 2.12. The topological polar surface area (TPSA) is 0 Å². The molecule has 0 rings (SSSR count). The van der Waals surface area contributed by atoms with Gasteiger partial charge in [-0.1, -0.05) is 89.4 Å². The maximum absolute atomic E-state index is 4.05. The molecule has 0 aromatic rings.